The fraction of sp³-hybridized carbons (Fsp3) is 0.333. The SMILES string of the molecule is O=C(O)c1ccc2c(C3CCCCC3)c3n(c2c1)CCCn1cc(-c2nn[nH]n2)c2cccc-3c21. The van der Waals surface area contributed by atoms with Crippen molar-refractivity contribution in [1.82, 2.24) is 29.8 Å². The maximum absolute atomic E-state index is 11.8. The van der Waals surface area contributed by atoms with E-state index >= 15 is 0 Å². The number of H-pyrrole nitrogens is 1. The first-order valence-electron chi connectivity index (χ1n) is 12.5. The van der Waals surface area contributed by atoms with Crippen LogP contribution in [0.2, 0.25) is 0 Å². The van der Waals surface area contributed by atoms with E-state index in [1.54, 1.807) is 6.07 Å². The fourth-order valence-electron chi connectivity index (χ4n) is 6.42. The van der Waals surface area contributed by atoms with Crippen LogP contribution in [0, 0.1) is 0 Å². The first kappa shape index (κ1) is 20.4. The van der Waals surface area contributed by atoms with Crippen LogP contribution in [-0.4, -0.2) is 40.8 Å². The number of carbonyl (C=O) groups is 1. The van der Waals surface area contributed by atoms with Gasteiger partial charge in [-0.05, 0) is 48.1 Å². The lowest BCUT2D eigenvalue weighted by Crippen LogP contribution is -2.11. The molecule has 7 rings (SSSR count). The molecule has 1 saturated carbocycles. The number of hydrogen-bond acceptors (Lipinski definition) is 4. The van der Waals surface area contributed by atoms with E-state index < -0.39 is 5.97 Å². The van der Waals surface area contributed by atoms with Crippen molar-refractivity contribution in [1.29, 1.82) is 0 Å². The molecule has 1 fully saturated rings. The van der Waals surface area contributed by atoms with E-state index in [0.717, 1.165) is 36.0 Å². The number of aromatic amines is 1. The predicted octanol–water partition coefficient (Wildman–Crippen LogP) is 5.59. The molecule has 2 N–H and O–H groups in total. The molecule has 1 aliphatic heterocycles. The molecular formula is C27H26N6O2. The lowest BCUT2D eigenvalue weighted by molar-refractivity contribution is 0.0697. The van der Waals surface area contributed by atoms with E-state index in [2.05, 4.69) is 54.2 Å². The second kappa shape index (κ2) is 7.80. The highest BCUT2D eigenvalue weighted by molar-refractivity contribution is 6.06. The van der Waals surface area contributed by atoms with Crippen LogP contribution in [0.4, 0.5) is 0 Å². The molecule has 0 saturated heterocycles. The predicted molar refractivity (Wildman–Crippen MR) is 133 cm³/mol. The van der Waals surface area contributed by atoms with E-state index in [9.17, 15) is 9.90 Å². The second-order valence-electron chi connectivity index (χ2n) is 9.81. The molecular weight excluding hydrogens is 440 g/mol. The van der Waals surface area contributed by atoms with E-state index in [4.69, 9.17) is 0 Å². The zero-order chi connectivity index (χ0) is 23.5. The first-order valence-corrected chi connectivity index (χ1v) is 12.5. The number of carboxylic acid groups (broad SMARTS) is 1. The highest BCUT2D eigenvalue weighted by atomic mass is 16.4. The number of aromatic carboxylic acids is 1. The summed E-state index contributed by atoms with van der Waals surface area (Å²) >= 11 is 0. The van der Waals surface area contributed by atoms with Crippen LogP contribution in [-0.2, 0) is 13.1 Å². The van der Waals surface area contributed by atoms with E-state index in [-0.39, 0.29) is 0 Å². The molecule has 0 amide bonds. The molecule has 2 aromatic carbocycles. The summed E-state index contributed by atoms with van der Waals surface area (Å²) in [5, 5.41) is 26.9. The number of tetrazole rings is 1. The smallest absolute Gasteiger partial charge is 0.335 e. The number of nitrogens with one attached hydrogen (secondary N) is 1. The van der Waals surface area contributed by atoms with Crippen LogP contribution in [0.15, 0.2) is 42.6 Å². The number of para-hydroxylation sites is 1. The van der Waals surface area contributed by atoms with Gasteiger partial charge in [0, 0.05) is 46.7 Å². The summed E-state index contributed by atoms with van der Waals surface area (Å²) in [5.74, 6) is 0.200. The number of nitrogens with zero attached hydrogens (tertiary/aromatic N) is 5. The first-order chi connectivity index (χ1) is 17.2. The lowest BCUT2D eigenvalue weighted by Gasteiger charge is -2.25. The molecule has 0 bridgehead atoms. The van der Waals surface area contributed by atoms with Crippen molar-refractivity contribution in [2.45, 2.75) is 57.5 Å². The summed E-state index contributed by atoms with van der Waals surface area (Å²) in [6.07, 6.45) is 9.23. The average Bonchev–Trinajstić information content (AvgIpc) is 3.60. The maximum Gasteiger partial charge on any atom is 0.335 e. The minimum Gasteiger partial charge on any atom is -0.478 e. The van der Waals surface area contributed by atoms with Crippen molar-refractivity contribution in [2.24, 2.45) is 0 Å². The summed E-state index contributed by atoms with van der Waals surface area (Å²) in [7, 11) is 0. The molecule has 0 radical (unpaired) electrons. The Hall–Kier alpha value is -3.94. The Balaban J connectivity index is 1.58. The van der Waals surface area contributed by atoms with Gasteiger partial charge in [0.05, 0.1) is 16.8 Å². The highest BCUT2D eigenvalue weighted by Gasteiger charge is 2.30. The van der Waals surface area contributed by atoms with Gasteiger partial charge < -0.3 is 14.2 Å². The van der Waals surface area contributed by atoms with Crippen LogP contribution >= 0.6 is 0 Å². The van der Waals surface area contributed by atoms with Crippen molar-refractivity contribution in [3.63, 3.8) is 0 Å². The molecule has 0 spiro atoms. The topological polar surface area (TPSA) is 102 Å². The van der Waals surface area contributed by atoms with Gasteiger partial charge in [0.15, 0.2) is 0 Å². The molecule has 2 aliphatic rings. The zero-order valence-corrected chi connectivity index (χ0v) is 19.4. The second-order valence-corrected chi connectivity index (χ2v) is 9.81. The monoisotopic (exact) mass is 466 g/mol. The van der Waals surface area contributed by atoms with Crippen LogP contribution in [0.5, 0.6) is 0 Å². The van der Waals surface area contributed by atoms with Gasteiger partial charge in [-0.15, -0.1) is 10.2 Å². The summed E-state index contributed by atoms with van der Waals surface area (Å²) in [4.78, 5) is 11.8. The number of aromatic nitrogens is 6. The van der Waals surface area contributed by atoms with Crippen LogP contribution in [0.3, 0.4) is 0 Å². The number of rotatable bonds is 3. The largest absolute Gasteiger partial charge is 0.478 e. The van der Waals surface area contributed by atoms with Crippen molar-refractivity contribution in [2.75, 3.05) is 0 Å². The molecule has 5 aromatic rings. The van der Waals surface area contributed by atoms with Crippen LogP contribution < -0.4 is 0 Å². The summed E-state index contributed by atoms with van der Waals surface area (Å²) in [5.41, 5.74) is 7.38. The quantitative estimate of drug-likeness (QED) is 0.361. The van der Waals surface area contributed by atoms with Gasteiger partial charge in [0.25, 0.3) is 0 Å². The van der Waals surface area contributed by atoms with Crippen LogP contribution in [0.1, 0.15) is 60.4 Å². The van der Waals surface area contributed by atoms with E-state index in [1.807, 2.05) is 12.1 Å². The van der Waals surface area contributed by atoms with Gasteiger partial charge in [-0.3, -0.25) is 0 Å². The number of benzene rings is 2. The third-order valence-electron chi connectivity index (χ3n) is 7.88. The minimum atomic E-state index is -0.881. The molecule has 3 aromatic heterocycles. The van der Waals surface area contributed by atoms with Crippen molar-refractivity contribution in [3.05, 3.63) is 53.7 Å². The van der Waals surface area contributed by atoms with Gasteiger partial charge in [0.2, 0.25) is 5.82 Å². The van der Waals surface area contributed by atoms with E-state index in [1.165, 1.54) is 59.8 Å². The molecule has 0 atom stereocenters. The molecule has 35 heavy (non-hydrogen) atoms. The van der Waals surface area contributed by atoms with Gasteiger partial charge in [-0.1, -0.05) is 43.5 Å². The molecule has 8 nitrogen and oxygen atoms in total. The number of aryl methyl sites for hydroxylation is 2. The summed E-state index contributed by atoms with van der Waals surface area (Å²) < 4.78 is 4.73. The van der Waals surface area contributed by atoms with Crippen molar-refractivity contribution in [3.8, 4) is 22.6 Å². The fourth-order valence-corrected chi connectivity index (χ4v) is 6.42. The van der Waals surface area contributed by atoms with Gasteiger partial charge in [-0.25, -0.2) is 4.79 Å². The molecule has 1 aliphatic carbocycles. The van der Waals surface area contributed by atoms with Gasteiger partial charge in [-0.2, -0.15) is 5.21 Å². The average molecular weight is 467 g/mol. The number of carboxylic acids is 1. The third kappa shape index (κ3) is 3.05. The molecule has 8 heteroatoms. The van der Waals surface area contributed by atoms with Crippen molar-refractivity contribution >= 4 is 27.8 Å². The molecule has 176 valence electrons. The lowest BCUT2D eigenvalue weighted by atomic mass is 9.81. The molecule has 4 heterocycles. The Morgan fingerprint density at radius 1 is 1.00 bits per heavy atom. The Labute approximate surface area is 201 Å². The van der Waals surface area contributed by atoms with Gasteiger partial charge >= 0.3 is 5.97 Å². The number of hydrogen-bond donors (Lipinski definition) is 2. The van der Waals surface area contributed by atoms with E-state index in [0.29, 0.717) is 17.3 Å². The Morgan fingerprint density at radius 3 is 2.69 bits per heavy atom. The summed E-state index contributed by atoms with van der Waals surface area (Å²) in [6, 6.07) is 12.2. The Bertz CT molecular complexity index is 1590. The Kier molecular flexibility index (Phi) is 4.55. The Morgan fingerprint density at radius 2 is 1.89 bits per heavy atom. The molecule has 0 unspecified atom stereocenters. The van der Waals surface area contributed by atoms with Crippen molar-refractivity contribution < 1.29 is 9.90 Å². The van der Waals surface area contributed by atoms with Gasteiger partial charge in [0.1, 0.15) is 0 Å². The highest BCUT2D eigenvalue weighted by Crippen LogP contribution is 2.47. The summed E-state index contributed by atoms with van der Waals surface area (Å²) in [6.45, 7) is 1.70. The number of fused-ring (bicyclic) bond motifs is 4. The zero-order valence-electron chi connectivity index (χ0n) is 19.4. The standard InChI is InChI=1S/C27H26N6O2/c34-27(35)17-10-11-19-22(14-17)33-13-5-12-32-15-21(26-28-30-31-29-26)18-8-4-9-20(24(18)32)25(33)23(19)16-6-2-1-3-7-16/h4,8-11,14-16H,1-3,5-7,12-13H2,(H,34,35)(H,28,29,30,31). The normalized spacial score (nSPS) is 16.3. The third-order valence-corrected chi connectivity index (χ3v) is 7.88. The van der Waals surface area contributed by atoms with Crippen LogP contribution in [0.25, 0.3) is 44.5 Å². The minimum absolute atomic E-state index is 0.344. The maximum atomic E-state index is 11.8.